The van der Waals surface area contributed by atoms with Crippen LogP contribution in [0, 0.1) is 0 Å². The number of nitrogen functional groups attached to an aromatic ring is 1. The molecule has 0 fully saturated rings. The van der Waals surface area contributed by atoms with E-state index in [9.17, 15) is 4.21 Å². The molecule has 0 amide bonds. The van der Waals surface area contributed by atoms with E-state index in [1.165, 1.54) is 0 Å². The third-order valence-corrected chi connectivity index (χ3v) is 4.70. The summed E-state index contributed by atoms with van der Waals surface area (Å²) in [6.45, 7) is 0. The van der Waals surface area contributed by atoms with Crippen molar-refractivity contribution in [3.8, 4) is 0 Å². The van der Waals surface area contributed by atoms with E-state index in [1.807, 2.05) is 74.4 Å². The highest BCUT2D eigenvalue weighted by Crippen LogP contribution is 2.28. The number of rotatable bonds is 4. The van der Waals surface area contributed by atoms with E-state index in [4.69, 9.17) is 5.73 Å². The summed E-state index contributed by atoms with van der Waals surface area (Å²) in [5, 5.41) is 0. The Balaban J connectivity index is 2.44. The molecule has 4 nitrogen and oxygen atoms in total. The van der Waals surface area contributed by atoms with Gasteiger partial charge in [-0.15, -0.1) is 0 Å². The van der Waals surface area contributed by atoms with E-state index in [0.717, 1.165) is 16.3 Å². The maximum atomic E-state index is 12.8. The predicted molar refractivity (Wildman–Crippen MR) is 90.6 cm³/mol. The van der Waals surface area contributed by atoms with Gasteiger partial charge in [-0.05, 0) is 36.4 Å². The van der Waals surface area contributed by atoms with Crippen LogP contribution in [0.15, 0.2) is 52.3 Å². The van der Waals surface area contributed by atoms with Gasteiger partial charge in [0.2, 0.25) is 0 Å². The molecule has 0 spiro atoms. The van der Waals surface area contributed by atoms with E-state index in [-0.39, 0.29) is 0 Å². The molecule has 2 rings (SSSR count). The molecular weight excluding hydrogens is 282 g/mol. The molecule has 0 aromatic heterocycles. The summed E-state index contributed by atoms with van der Waals surface area (Å²) in [6.07, 6.45) is 0. The van der Waals surface area contributed by atoms with Crippen molar-refractivity contribution in [2.75, 3.05) is 43.7 Å². The number of nitrogens with two attached hydrogens (primary N) is 1. The zero-order valence-electron chi connectivity index (χ0n) is 12.8. The van der Waals surface area contributed by atoms with Crippen LogP contribution in [0.2, 0.25) is 0 Å². The average Bonchev–Trinajstić information content (AvgIpc) is 2.47. The van der Waals surface area contributed by atoms with Gasteiger partial charge < -0.3 is 15.5 Å². The molecule has 0 aliphatic rings. The number of nitrogens with zero attached hydrogens (tertiary/aromatic N) is 2. The molecule has 112 valence electrons. The smallest absolute Gasteiger partial charge is 0.0872 e. The van der Waals surface area contributed by atoms with Crippen molar-refractivity contribution in [1.29, 1.82) is 0 Å². The van der Waals surface area contributed by atoms with Crippen molar-refractivity contribution in [3.05, 3.63) is 42.5 Å². The fraction of sp³-hybridized carbons (Fsp3) is 0.250. The highest BCUT2D eigenvalue weighted by molar-refractivity contribution is 7.85. The summed E-state index contributed by atoms with van der Waals surface area (Å²) in [6, 6.07) is 13.3. The quantitative estimate of drug-likeness (QED) is 0.882. The SMILES string of the molecule is CN(C)c1cccc(S(=O)c2cc(N(C)C)ccc2N)c1. The van der Waals surface area contributed by atoms with Gasteiger partial charge in [-0.3, -0.25) is 0 Å². The van der Waals surface area contributed by atoms with Crippen molar-refractivity contribution in [1.82, 2.24) is 0 Å². The molecule has 0 saturated heterocycles. The third-order valence-electron chi connectivity index (χ3n) is 3.26. The van der Waals surface area contributed by atoms with E-state index in [2.05, 4.69) is 0 Å². The minimum Gasteiger partial charge on any atom is -0.398 e. The van der Waals surface area contributed by atoms with Gasteiger partial charge in [-0.25, -0.2) is 4.21 Å². The Bertz CT molecular complexity index is 668. The fourth-order valence-corrected chi connectivity index (χ4v) is 3.16. The van der Waals surface area contributed by atoms with Gasteiger partial charge in [0.15, 0.2) is 0 Å². The lowest BCUT2D eigenvalue weighted by molar-refractivity contribution is 0.683. The summed E-state index contributed by atoms with van der Waals surface area (Å²) >= 11 is 0. The number of anilines is 3. The minimum atomic E-state index is -1.29. The molecule has 0 radical (unpaired) electrons. The van der Waals surface area contributed by atoms with Crippen LogP contribution in [0.25, 0.3) is 0 Å². The maximum absolute atomic E-state index is 12.8. The zero-order chi connectivity index (χ0) is 15.6. The Kier molecular flexibility index (Phi) is 4.53. The lowest BCUT2D eigenvalue weighted by Crippen LogP contribution is -2.10. The number of hydrogen-bond donors (Lipinski definition) is 1. The lowest BCUT2D eigenvalue weighted by atomic mass is 10.3. The van der Waals surface area contributed by atoms with Crippen molar-refractivity contribution >= 4 is 27.9 Å². The van der Waals surface area contributed by atoms with Crippen molar-refractivity contribution in [2.24, 2.45) is 0 Å². The summed E-state index contributed by atoms with van der Waals surface area (Å²) in [5.41, 5.74) is 8.55. The molecular formula is C16H21N3OS. The van der Waals surface area contributed by atoms with Gasteiger partial charge in [-0.1, -0.05) is 6.07 Å². The summed E-state index contributed by atoms with van der Waals surface area (Å²) in [5.74, 6) is 0. The second kappa shape index (κ2) is 6.18. The van der Waals surface area contributed by atoms with Crippen LogP contribution in [0.4, 0.5) is 17.1 Å². The Labute approximate surface area is 128 Å². The molecule has 0 heterocycles. The lowest BCUT2D eigenvalue weighted by Gasteiger charge is -2.16. The third kappa shape index (κ3) is 3.36. The van der Waals surface area contributed by atoms with Gasteiger partial charge in [0.05, 0.1) is 15.7 Å². The second-order valence-corrected chi connectivity index (χ2v) is 6.73. The van der Waals surface area contributed by atoms with Crippen molar-refractivity contribution < 1.29 is 4.21 Å². The first-order chi connectivity index (χ1) is 9.90. The van der Waals surface area contributed by atoms with E-state index in [1.54, 1.807) is 6.07 Å². The van der Waals surface area contributed by atoms with Crippen LogP contribution in [0.1, 0.15) is 0 Å². The molecule has 21 heavy (non-hydrogen) atoms. The van der Waals surface area contributed by atoms with E-state index >= 15 is 0 Å². The molecule has 1 unspecified atom stereocenters. The fourth-order valence-electron chi connectivity index (χ4n) is 1.97. The second-order valence-electron chi connectivity index (χ2n) is 5.28. The Morgan fingerprint density at radius 3 is 2.14 bits per heavy atom. The summed E-state index contributed by atoms with van der Waals surface area (Å²) in [4.78, 5) is 5.36. The van der Waals surface area contributed by atoms with E-state index in [0.29, 0.717) is 10.6 Å². The Hall–Kier alpha value is -2.01. The average molecular weight is 303 g/mol. The Morgan fingerprint density at radius 1 is 0.905 bits per heavy atom. The molecule has 2 aromatic rings. The van der Waals surface area contributed by atoms with Gasteiger partial charge in [0.25, 0.3) is 0 Å². The standard InChI is InChI=1S/C16H21N3OS/c1-18(2)12-6-5-7-14(10-12)21(20)16-11-13(19(3)4)8-9-15(16)17/h5-11H,17H2,1-4H3. The van der Waals surface area contributed by atoms with Crippen LogP contribution in [-0.4, -0.2) is 32.4 Å². The molecule has 0 aliphatic carbocycles. The monoisotopic (exact) mass is 303 g/mol. The van der Waals surface area contributed by atoms with Gasteiger partial charge >= 0.3 is 0 Å². The first-order valence-electron chi connectivity index (χ1n) is 6.66. The maximum Gasteiger partial charge on any atom is 0.0872 e. The number of benzene rings is 2. The molecule has 0 saturated carbocycles. The molecule has 2 aromatic carbocycles. The molecule has 5 heteroatoms. The van der Waals surface area contributed by atoms with Crippen LogP contribution < -0.4 is 15.5 Å². The summed E-state index contributed by atoms with van der Waals surface area (Å²) in [7, 11) is 6.53. The van der Waals surface area contributed by atoms with E-state index < -0.39 is 10.8 Å². The van der Waals surface area contributed by atoms with Crippen LogP contribution >= 0.6 is 0 Å². The zero-order valence-corrected chi connectivity index (χ0v) is 13.6. The predicted octanol–water partition coefficient (Wildman–Crippen LogP) is 2.57. The molecule has 0 bridgehead atoms. The number of hydrogen-bond acceptors (Lipinski definition) is 4. The highest BCUT2D eigenvalue weighted by atomic mass is 32.2. The van der Waals surface area contributed by atoms with Crippen LogP contribution in [0.3, 0.4) is 0 Å². The molecule has 2 N–H and O–H groups in total. The summed E-state index contributed by atoms with van der Waals surface area (Å²) < 4.78 is 12.8. The van der Waals surface area contributed by atoms with Crippen molar-refractivity contribution in [3.63, 3.8) is 0 Å². The first-order valence-corrected chi connectivity index (χ1v) is 7.81. The topological polar surface area (TPSA) is 49.6 Å². The highest BCUT2D eigenvalue weighted by Gasteiger charge is 2.13. The normalized spacial score (nSPS) is 12.0. The first kappa shape index (κ1) is 15.4. The van der Waals surface area contributed by atoms with Gasteiger partial charge in [-0.2, -0.15) is 0 Å². The van der Waals surface area contributed by atoms with Crippen LogP contribution in [-0.2, 0) is 10.8 Å². The van der Waals surface area contributed by atoms with Gasteiger partial charge in [0, 0.05) is 50.1 Å². The van der Waals surface area contributed by atoms with Crippen LogP contribution in [0.5, 0.6) is 0 Å². The largest absolute Gasteiger partial charge is 0.398 e. The van der Waals surface area contributed by atoms with Gasteiger partial charge in [0.1, 0.15) is 0 Å². The Morgan fingerprint density at radius 2 is 1.52 bits per heavy atom. The minimum absolute atomic E-state index is 0.550. The molecule has 1 atom stereocenters. The van der Waals surface area contributed by atoms with Crippen molar-refractivity contribution in [2.45, 2.75) is 9.79 Å². The molecule has 0 aliphatic heterocycles.